The van der Waals surface area contributed by atoms with Crippen LogP contribution >= 0.6 is 15.9 Å². The average Bonchev–Trinajstić information content (AvgIpc) is 2.30. The molecule has 0 aliphatic heterocycles. The van der Waals surface area contributed by atoms with Crippen LogP contribution in [0.2, 0.25) is 0 Å². The van der Waals surface area contributed by atoms with Crippen molar-refractivity contribution in [3.63, 3.8) is 0 Å². The number of amides is 1. The van der Waals surface area contributed by atoms with Gasteiger partial charge in [-0.1, -0.05) is 0 Å². The fourth-order valence-corrected chi connectivity index (χ4v) is 1.25. The van der Waals surface area contributed by atoms with Crippen LogP contribution < -0.4 is 10.6 Å². The molecule has 0 saturated heterocycles. The van der Waals surface area contributed by atoms with E-state index >= 15 is 0 Å². The van der Waals surface area contributed by atoms with Gasteiger partial charge in [0.05, 0.1) is 13.2 Å². The molecule has 1 heterocycles. The van der Waals surface area contributed by atoms with Gasteiger partial charge in [-0.25, -0.2) is 4.98 Å². The second-order valence-corrected chi connectivity index (χ2v) is 5.22. The van der Waals surface area contributed by atoms with Gasteiger partial charge in [0, 0.05) is 16.2 Å². The molecule has 0 radical (unpaired) electrons. The van der Waals surface area contributed by atoms with Gasteiger partial charge in [-0.15, -0.1) is 0 Å². The maximum Gasteiger partial charge on any atom is 0.239 e. The topological polar surface area (TPSA) is 74.2 Å². The van der Waals surface area contributed by atoms with Gasteiger partial charge >= 0.3 is 0 Å². The van der Waals surface area contributed by atoms with Crippen molar-refractivity contribution in [1.29, 1.82) is 0 Å². The first-order valence-corrected chi connectivity index (χ1v) is 5.99. The van der Waals surface area contributed by atoms with E-state index in [1.807, 2.05) is 13.8 Å². The van der Waals surface area contributed by atoms with Gasteiger partial charge in [-0.05, 0) is 41.9 Å². The second-order valence-electron chi connectivity index (χ2n) is 4.31. The molecule has 0 aliphatic rings. The van der Waals surface area contributed by atoms with E-state index in [-0.39, 0.29) is 19.1 Å². The van der Waals surface area contributed by atoms with Crippen LogP contribution in [0.3, 0.4) is 0 Å². The number of pyridine rings is 1. The molecule has 0 bridgehead atoms. The van der Waals surface area contributed by atoms with E-state index in [2.05, 4.69) is 31.5 Å². The highest BCUT2D eigenvalue weighted by Crippen LogP contribution is 2.10. The summed E-state index contributed by atoms with van der Waals surface area (Å²) in [6.45, 7) is 3.73. The van der Waals surface area contributed by atoms with Crippen molar-refractivity contribution >= 4 is 27.7 Å². The second kappa shape index (κ2) is 6.09. The van der Waals surface area contributed by atoms with Gasteiger partial charge < -0.3 is 15.7 Å². The van der Waals surface area contributed by atoms with Crippen molar-refractivity contribution in [2.24, 2.45) is 0 Å². The minimum absolute atomic E-state index is 0.0309. The van der Waals surface area contributed by atoms with Crippen LogP contribution in [-0.2, 0) is 4.79 Å². The Hall–Kier alpha value is -0.980. The monoisotopic (exact) mass is 301 g/mol. The maximum atomic E-state index is 11.6. The van der Waals surface area contributed by atoms with Gasteiger partial charge in [-0.2, -0.15) is 0 Å². The molecule has 6 heteroatoms. The Morgan fingerprint density at radius 3 is 2.76 bits per heavy atom. The maximum absolute atomic E-state index is 11.6. The lowest BCUT2D eigenvalue weighted by molar-refractivity contribution is -0.115. The van der Waals surface area contributed by atoms with E-state index in [0.717, 1.165) is 4.47 Å². The van der Waals surface area contributed by atoms with E-state index < -0.39 is 5.54 Å². The molecule has 3 N–H and O–H groups in total. The third-order valence-corrected chi connectivity index (χ3v) is 2.59. The molecule has 94 valence electrons. The first-order chi connectivity index (χ1) is 7.93. The summed E-state index contributed by atoms with van der Waals surface area (Å²) in [4.78, 5) is 15.6. The zero-order valence-corrected chi connectivity index (χ0v) is 11.4. The van der Waals surface area contributed by atoms with E-state index in [0.29, 0.717) is 5.82 Å². The summed E-state index contributed by atoms with van der Waals surface area (Å²) >= 11 is 3.26. The third kappa shape index (κ3) is 5.25. The molecule has 0 atom stereocenters. The van der Waals surface area contributed by atoms with Crippen molar-refractivity contribution < 1.29 is 9.90 Å². The first-order valence-electron chi connectivity index (χ1n) is 5.20. The molecule has 0 saturated carbocycles. The summed E-state index contributed by atoms with van der Waals surface area (Å²) in [5.74, 6) is 0.308. The Balaban J connectivity index is 2.42. The van der Waals surface area contributed by atoms with Gasteiger partial charge in [0.2, 0.25) is 5.91 Å². The quantitative estimate of drug-likeness (QED) is 0.762. The Bertz CT molecular complexity index is 379. The summed E-state index contributed by atoms with van der Waals surface area (Å²) in [5.41, 5.74) is -0.468. The summed E-state index contributed by atoms with van der Waals surface area (Å²) in [7, 11) is 0. The molecule has 0 aromatic carbocycles. The van der Waals surface area contributed by atoms with Gasteiger partial charge in [0.25, 0.3) is 0 Å². The molecular weight excluding hydrogens is 286 g/mol. The Morgan fingerprint density at radius 1 is 1.53 bits per heavy atom. The fourth-order valence-electron chi connectivity index (χ4n) is 1.01. The van der Waals surface area contributed by atoms with Crippen LogP contribution in [0.1, 0.15) is 13.8 Å². The van der Waals surface area contributed by atoms with Crippen LogP contribution in [0.5, 0.6) is 0 Å². The molecular formula is C11H16BrN3O2. The largest absolute Gasteiger partial charge is 0.394 e. The molecule has 1 amide bonds. The van der Waals surface area contributed by atoms with E-state index in [1.165, 1.54) is 0 Å². The number of nitrogens with zero attached hydrogens (tertiary/aromatic N) is 1. The number of nitrogens with one attached hydrogen (secondary N) is 2. The van der Waals surface area contributed by atoms with Crippen molar-refractivity contribution in [3.05, 3.63) is 22.8 Å². The van der Waals surface area contributed by atoms with E-state index in [9.17, 15) is 4.79 Å². The lowest BCUT2D eigenvalue weighted by Gasteiger charge is -2.22. The number of hydrogen-bond donors (Lipinski definition) is 3. The van der Waals surface area contributed by atoms with Crippen LogP contribution in [0, 0.1) is 0 Å². The number of anilines is 1. The average molecular weight is 302 g/mol. The third-order valence-electron chi connectivity index (χ3n) is 2.12. The van der Waals surface area contributed by atoms with Crippen LogP contribution in [0.4, 0.5) is 5.82 Å². The number of aliphatic hydroxyl groups is 1. The van der Waals surface area contributed by atoms with Crippen molar-refractivity contribution in [2.45, 2.75) is 19.4 Å². The highest BCUT2D eigenvalue weighted by Gasteiger charge is 2.16. The summed E-state index contributed by atoms with van der Waals surface area (Å²) < 4.78 is 0.857. The summed E-state index contributed by atoms with van der Waals surface area (Å²) in [5, 5.41) is 14.6. The minimum atomic E-state index is -0.468. The van der Waals surface area contributed by atoms with Gasteiger partial charge in [0.1, 0.15) is 5.82 Å². The number of aliphatic hydroxyl groups excluding tert-OH is 1. The number of hydrogen-bond acceptors (Lipinski definition) is 4. The van der Waals surface area contributed by atoms with Crippen LogP contribution in [0.25, 0.3) is 0 Å². The number of carbonyl (C=O) groups excluding carboxylic acids is 1. The lowest BCUT2D eigenvalue weighted by Crippen LogP contribution is -2.46. The molecule has 1 rings (SSSR count). The Kier molecular flexibility index (Phi) is 5.04. The van der Waals surface area contributed by atoms with Gasteiger partial charge in [0.15, 0.2) is 0 Å². The van der Waals surface area contributed by atoms with E-state index in [4.69, 9.17) is 5.11 Å². The number of rotatable bonds is 5. The first kappa shape index (κ1) is 14.1. The highest BCUT2D eigenvalue weighted by molar-refractivity contribution is 9.10. The van der Waals surface area contributed by atoms with Crippen molar-refractivity contribution in [1.82, 2.24) is 10.3 Å². The standard InChI is InChI=1S/C11H16BrN3O2/c1-11(2,7-16)14-6-10(17)15-9-4-3-8(12)5-13-9/h3-5,14,16H,6-7H2,1-2H3,(H,13,15,17). The Morgan fingerprint density at radius 2 is 2.24 bits per heavy atom. The predicted molar refractivity (Wildman–Crippen MR) is 69.7 cm³/mol. The Labute approximate surface area is 109 Å². The molecule has 0 fully saturated rings. The predicted octanol–water partition coefficient (Wildman–Crippen LogP) is 1.14. The van der Waals surface area contributed by atoms with Crippen LogP contribution in [-0.4, -0.2) is 34.7 Å². The number of halogens is 1. The number of aromatic nitrogens is 1. The van der Waals surface area contributed by atoms with Crippen molar-refractivity contribution in [2.75, 3.05) is 18.5 Å². The van der Waals surface area contributed by atoms with Gasteiger partial charge in [-0.3, -0.25) is 4.79 Å². The minimum Gasteiger partial charge on any atom is -0.394 e. The SMILES string of the molecule is CC(C)(CO)NCC(=O)Nc1ccc(Br)cn1. The zero-order valence-electron chi connectivity index (χ0n) is 9.83. The molecule has 0 unspecified atom stereocenters. The summed E-state index contributed by atoms with van der Waals surface area (Å²) in [6, 6.07) is 3.51. The summed E-state index contributed by atoms with van der Waals surface area (Å²) in [6.07, 6.45) is 1.61. The molecule has 0 aliphatic carbocycles. The molecule has 0 spiro atoms. The molecule has 1 aromatic heterocycles. The zero-order chi connectivity index (χ0) is 12.9. The van der Waals surface area contributed by atoms with Crippen molar-refractivity contribution in [3.8, 4) is 0 Å². The normalized spacial score (nSPS) is 11.3. The van der Waals surface area contributed by atoms with Crippen LogP contribution in [0.15, 0.2) is 22.8 Å². The fraction of sp³-hybridized carbons (Fsp3) is 0.455. The molecule has 17 heavy (non-hydrogen) atoms. The molecule has 1 aromatic rings. The lowest BCUT2D eigenvalue weighted by atomic mass is 10.1. The molecule has 5 nitrogen and oxygen atoms in total. The highest BCUT2D eigenvalue weighted by atomic mass is 79.9. The smallest absolute Gasteiger partial charge is 0.239 e. The number of carbonyl (C=O) groups is 1. The van der Waals surface area contributed by atoms with E-state index in [1.54, 1.807) is 18.3 Å².